The van der Waals surface area contributed by atoms with E-state index in [1.54, 1.807) is 0 Å². The van der Waals surface area contributed by atoms with Crippen molar-refractivity contribution in [2.24, 2.45) is 0 Å². The minimum atomic E-state index is -1.93. The first kappa shape index (κ1) is 19.1. The molecule has 0 atom stereocenters. The molecule has 0 aliphatic rings. The molecule has 0 N–H and O–H groups in total. The van der Waals surface area contributed by atoms with Crippen LogP contribution in [0.25, 0.3) is 0 Å². The second-order valence-corrected chi connectivity index (χ2v) is 41.5. The van der Waals surface area contributed by atoms with Gasteiger partial charge in [-0.2, -0.15) is 0 Å². The molecule has 0 bridgehead atoms. The lowest BCUT2D eigenvalue weighted by atomic mass is 10.5. The zero-order chi connectivity index (χ0) is 15.2. The molecule has 0 aliphatic heterocycles. The summed E-state index contributed by atoms with van der Waals surface area (Å²) in [6, 6.07) is 0. The van der Waals surface area contributed by atoms with Gasteiger partial charge in [0, 0.05) is 0 Å². The van der Waals surface area contributed by atoms with Gasteiger partial charge in [-0.15, -0.1) is 11.6 Å². The van der Waals surface area contributed by atoms with E-state index in [4.69, 9.17) is 15.7 Å². The fourth-order valence-corrected chi connectivity index (χ4v) is 70.9. The molecule has 0 saturated carbocycles. The first-order valence-corrected chi connectivity index (χ1v) is 21.5. The van der Waals surface area contributed by atoms with E-state index in [9.17, 15) is 0 Å². The van der Waals surface area contributed by atoms with Crippen molar-refractivity contribution in [3.63, 3.8) is 0 Å². The molecule has 0 saturated heterocycles. The van der Waals surface area contributed by atoms with Gasteiger partial charge in [-0.05, 0) is 33.5 Å². The van der Waals surface area contributed by atoms with Gasteiger partial charge in [-0.25, -0.2) is 0 Å². The number of hydrogen-bond acceptors (Lipinski definition) is 1. The molecule has 0 radical (unpaired) electrons. The van der Waals surface area contributed by atoms with Crippen molar-refractivity contribution in [1.29, 1.82) is 0 Å². The summed E-state index contributed by atoms with van der Waals surface area (Å²) >= 11 is 6.96. The second-order valence-electron chi connectivity index (χ2n) is 8.87. The van der Waals surface area contributed by atoms with E-state index in [1.165, 1.54) is 0 Å². The van der Waals surface area contributed by atoms with E-state index in [-0.39, 0.29) is 4.50 Å². The van der Waals surface area contributed by atoms with E-state index >= 15 is 0 Å². The van der Waals surface area contributed by atoms with Crippen LogP contribution in [0.4, 0.5) is 0 Å². The van der Waals surface area contributed by atoms with E-state index < -0.39 is 30.9 Å². The highest BCUT2D eigenvalue weighted by Crippen LogP contribution is 2.43. The first-order chi connectivity index (χ1) is 7.46. The van der Waals surface area contributed by atoms with E-state index in [0.29, 0.717) is 0 Å². The Balaban J connectivity index is 6.10. The molecule has 0 unspecified atom stereocenters. The molecule has 0 aromatic carbocycles. The molecule has 0 aromatic rings. The van der Waals surface area contributed by atoms with Crippen molar-refractivity contribution in [2.45, 2.75) is 77.3 Å². The Kier molecular flexibility index (Phi) is 5.47. The molecule has 0 aromatic heterocycles. The number of hydrogen-bond donors (Lipinski definition) is 0. The Labute approximate surface area is 124 Å². The Morgan fingerprint density at radius 1 is 0.722 bits per heavy atom. The molecule has 6 heteroatoms. The smallest absolute Gasteiger partial charge is 0.173 e. The lowest BCUT2D eigenvalue weighted by Crippen LogP contribution is -2.83. The number of rotatable bonds is 5. The maximum Gasteiger partial charge on any atom is 0.173 e. The maximum absolute atomic E-state index is 6.99. The highest BCUT2D eigenvalue weighted by molar-refractivity contribution is 7.69. The van der Waals surface area contributed by atoms with Gasteiger partial charge in [0.05, 0.1) is 19.7 Å². The lowest BCUT2D eigenvalue weighted by Gasteiger charge is -2.58. The molecular weight excluding hydrogens is 308 g/mol. The minimum absolute atomic E-state index is 0.164. The van der Waals surface area contributed by atoms with Gasteiger partial charge in [0.2, 0.25) is 0 Å². The Hall–Kier alpha value is 1.12. The average molecular weight is 341 g/mol. The molecule has 0 fully saturated rings. The third kappa shape index (κ3) is 3.82. The van der Waals surface area contributed by atoms with Crippen LogP contribution in [0.3, 0.4) is 0 Å². The molecule has 0 rings (SSSR count). The first-order valence-electron chi connectivity index (χ1n) is 6.85. The van der Waals surface area contributed by atoms with Gasteiger partial charge in [-0.1, -0.05) is 39.3 Å². The van der Waals surface area contributed by atoms with Crippen LogP contribution in [-0.2, 0) is 4.12 Å². The fraction of sp³-hybridized carbons (Fsp3) is 1.00. The molecule has 1 nitrogen and oxygen atoms in total. The molecule has 18 heavy (non-hydrogen) atoms. The van der Waals surface area contributed by atoms with Gasteiger partial charge in [0.15, 0.2) is 15.7 Å². The molecule has 0 aliphatic carbocycles. The summed E-state index contributed by atoms with van der Waals surface area (Å²) in [4.78, 5) is 0. The summed E-state index contributed by atoms with van der Waals surface area (Å²) in [7, 11) is -6.38. The second kappa shape index (κ2) is 5.15. The SMILES string of the molecule is CC(C)(Cl)[Si](O[Si](C)(C)C)([Si](C)(C)C)[Si](C)(C)C. The zero-order valence-corrected chi connectivity index (χ0v) is 19.0. The topological polar surface area (TPSA) is 9.23 Å². The van der Waals surface area contributed by atoms with Gasteiger partial charge >= 0.3 is 0 Å². The normalized spacial score (nSPS) is 16.0. The van der Waals surface area contributed by atoms with Gasteiger partial charge < -0.3 is 4.12 Å². The monoisotopic (exact) mass is 340 g/mol. The third-order valence-electron chi connectivity index (χ3n) is 3.41. The summed E-state index contributed by atoms with van der Waals surface area (Å²) in [6.45, 7) is 26.2. The predicted molar refractivity (Wildman–Crippen MR) is 96.8 cm³/mol. The van der Waals surface area contributed by atoms with Crippen molar-refractivity contribution in [2.75, 3.05) is 0 Å². The summed E-state index contributed by atoms with van der Waals surface area (Å²) in [5.74, 6) is 0. The van der Waals surface area contributed by atoms with E-state index in [2.05, 4.69) is 72.8 Å². The minimum Gasteiger partial charge on any atom is -0.458 e. The van der Waals surface area contributed by atoms with Gasteiger partial charge in [-0.3, -0.25) is 0 Å². The lowest BCUT2D eigenvalue weighted by molar-refractivity contribution is 0.549. The van der Waals surface area contributed by atoms with E-state index in [1.807, 2.05) is 0 Å². The Morgan fingerprint density at radius 2 is 1.00 bits per heavy atom. The molecule has 0 amide bonds. The van der Waals surface area contributed by atoms with Crippen LogP contribution >= 0.6 is 11.6 Å². The quantitative estimate of drug-likeness (QED) is 0.495. The predicted octanol–water partition coefficient (Wildman–Crippen LogP) is 5.17. The number of halogens is 1. The zero-order valence-electron chi connectivity index (χ0n) is 14.3. The van der Waals surface area contributed by atoms with Crippen LogP contribution in [0.15, 0.2) is 0 Å². The van der Waals surface area contributed by atoms with Crippen LogP contribution in [0.2, 0.25) is 58.9 Å². The van der Waals surface area contributed by atoms with Crippen molar-refractivity contribution >= 4 is 42.5 Å². The molecule has 0 heterocycles. The van der Waals surface area contributed by atoms with Gasteiger partial charge in [0.1, 0.15) is 0 Å². The fourth-order valence-electron chi connectivity index (χ4n) is 3.80. The van der Waals surface area contributed by atoms with Crippen molar-refractivity contribution in [3.8, 4) is 0 Å². The highest BCUT2D eigenvalue weighted by atomic mass is 35.5. The third-order valence-corrected chi connectivity index (χ3v) is 46.5. The summed E-state index contributed by atoms with van der Waals surface area (Å²) in [6.07, 6.45) is 0. The largest absolute Gasteiger partial charge is 0.458 e. The van der Waals surface area contributed by atoms with Crippen molar-refractivity contribution < 1.29 is 4.12 Å². The standard InChI is InChI=1S/C12H33ClOSi4/c1-12(2,13)18(16(6,7)8,17(9,10)11)14-15(3,4)5/h1-11H3. The maximum atomic E-state index is 6.99. The van der Waals surface area contributed by atoms with Crippen LogP contribution in [0, 0.1) is 0 Å². The Morgan fingerprint density at radius 3 is 1.06 bits per heavy atom. The molecule has 110 valence electrons. The van der Waals surface area contributed by atoms with Crippen LogP contribution in [0.1, 0.15) is 13.8 Å². The summed E-state index contributed by atoms with van der Waals surface area (Å²) in [5, 5.41) is 0. The molecule has 0 spiro atoms. The van der Waals surface area contributed by atoms with Crippen LogP contribution < -0.4 is 0 Å². The number of alkyl halides is 1. The summed E-state index contributed by atoms with van der Waals surface area (Å²) < 4.78 is 6.82. The molecular formula is C12H33ClOSi4. The van der Waals surface area contributed by atoms with Crippen molar-refractivity contribution in [1.82, 2.24) is 0 Å². The average Bonchev–Trinajstić information content (AvgIpc) is 1.90. The van der Waals surface area contributed by atoms with Crippen molar-refractivity contribution in [3.05, 3.63) is 0 Å². The van der Waals surface area contributed by atoms with Crippen LogP contribution in [0.5, 0.6) is 0 Å². The van der Waals surface area contributed by atoms with Gasteiger partial charge in [0.25, 0.3) is 0 Å². The van der Waals surface area contributed by atoms with Crippen LogP contribution in [-0.4, -0.2) is 35.4 Å². The highest BCUT2D eigenvalue weighted by Gasteiger charge is 2.65. The van der Waals surface area contributed by atoms with E-state index in [0.717, 1.165) is 0 Å². The summed E-state index contributed by atoms with van der Waals surface area (Å²) in [5.41, 5.74) is 0. The Bertz CT molecular complexity index is 255.